The number of carbonyl (C=O) groups excluding carboxylic acids is 1. The van der Waals surface area contributed by atoms with Crippen LogP contribution < -0.4 is 0 Å². The Bertz CT molecular complexity index is 471. The summed E-state index contributed by atoms with van der Waals surface area (Å²) in [6.07, 6.45) is 8.60. The summed E-state index contributed by atoms with van der Waals surface area (Å²) >= 11 is 1.89. The molecule has 1 aromatic rings. The number of fused-ring (bicyclic) bond motifs is 1. The SMILES string of the molecule is C=CC(=O)N1CCC[C@H](c2nc3c(s2)CCCC3)C1. The van der Waals surface area contributed by atoms with Crippen molar-refractivity contribution >= 4 is 17.2 Å². The van der Waals surface area contributed by atoms with Gasteiger partial charge < -0.3 is 4.90 Å². The molecule has 102 valence electrons. The Morgan fingerprint density at radius 1 is 1.37 bits per heavy atom. The number of piperidine rings is 1. The molecule has 0 unspecified atom stereocenters. The predicted molar refractivity (Wildman–Crippen MR) is 77.5 cm³/mol. The lowest BCUT2D eigenvalue weighted by Gasteiger charge is -2.31. The summed E-state index contributed by atoms with van der Waals surface area (Å²) in [6, 6.07) is 0. The van der Waals surface area contributed by atoms with E-state index in [1.165, 1.54) is 40.9 Å². The van der Waals surface area contributed by atoms with Crippen LogP contribution in [0, 0.1) is 0 Å². The van der Waals surface area contributed by atoms with Gasteiger partial charge in [0.05, 0.1) is 10.7 Å². The Labute approximate surface area is 118 Å². The van der Waals surface area contributed by atoms with E-state index in [-0.39, 0.29) is 5.91 Å². The highest BCUT2D eigenvalue weighted by Gasteiger charge is 2.27. The third-order valence-electron chi connectivity index (χ3n) is 4.12. The lowest BCUT2D eigenvalue weighted by molar-refractivity contribution is -0.127. The second-order valence-corrected chi connectivity index (χ2v) is 6.57. The molecule has 1 aromatic heterocycles. The zero-order valence-electron chi connectivity index (χ0n) is 11.2. The fraction of sp³-hybridized carbons (Fsp3) is 0.600. The van der Waals surface area contributed by atoms with Crippen molar-refractivity contribution in [3.8, 4) is 0 Å². The predicted octanol–water partition coefficient (Wildman–Crippen LogP) is 2.91. The first-order valence-electron chi connectivity index (χ1n) is 7.17. The third kappa shape index (κ3) is 2.59. The average Bonchev–Trinajstić information content (AvgIpc) is 2.90. The largest absolute Gasteiger partial charge is 0.338 e. The van der Waals surface area contributed by atoms with Gasteiger partial charge in [0.1, 0.15) is 0 Å². The first kappa shape index (κ1) is 12.9. The summed E-state index contributed by atoms with van der Waals surface area (Å²) in [6.45, 7) is 5.27. The molecule has 0 bridgehead atoms. The highest BCUT2D eigenvalue weighted by atomic mass is 32.1. The average molecular weight is 276 g/mol. The molecule has 3 nitrogen and oxygen atoms in total. The smallest absolute Gasteiger partial charge is 0.245 e. The molecular weight excluding hydrogens is 256 g/mol. The van der Waals surface area contributed by atoms with Gasteiger partial charge in [-0.3, -0.25) is 4.79 Å². The van der Waals surface area contributed by atoms with Gasteiger partial charge in [-0.1, -0.05) is 6.58 Å². The van der Waals surface area contributed by atoms with Crippen molar-refractivity contribution in [1.82, 2.24) is 9.88 Å². The van der Waals surface area contributed by atoms with Gasteiger partial charge in [-0.05, 0) is 44.6 Å². The maximum absolute atomic E-state index is 11.7. The molecule has 1 amide bonds. The van der Waals surface area contributed by atoms with Crippen molar-refractivity contribution in [2.45, 2.75) is 44.4 Å². The van der Waals surface area contributed by atoms with E-state index in [1.807, 2.05) is 16.2 Å². The minimum Gasteiger partial charge on any atom is -0.338 e. The monoisotopic (exact) mass is 276 g/mol. The summed E-state index contributed by atoms with van der Waals surface area (Å²) in [5.41, 5.74) is 1.33. The number of likely N-dealkylation sites (tertiary alicyclic amines) is 1. The summed E-state index contributed by atoms with van der Waals surface area (Å²) < 4.78 is 0. The fourth-order valence-corrected chi connectivity index (χ4v) is 4.33. The molecule has 2 aliphatic rings. The molecule has 1 fully saturated rings. The van der Waals surface area contributed by atoms with Crippen molar-refractivity contribution in [2.75, 3.05) is 13.1 Å². The van der Waals surface area contributed by atoms with E-state index in [4.69, 9.17) is 4.98 Å². The lowest BCUT2D eigenvalue weighted by Crippen LogP contribution is -2.38. The first-order chi connectivity index (χ1) is 9.28. The highest BCUT2D eigenvalue weighted by Crippen LogP contribution is 2.34. The van der Waals surface area contributed by atoms with Crippen LogP contribution in [0.15, 0.2) is 12.7 Å². The molecule has 0 radical (unpaired) electrons. The minimum atomic E-state index is 0.0611. The van der Waals surface area contributed by atoms with E-state index in [0.717, 1.165) is 32.4 Å². The second-order valence-electron chi connectivity index (χ2n) is 5.46. The van der Waals surface area contributed by atoms with Gasteiger partial charge in [0.25, 0.3) is 0 Å². The van der Waals surface area contributed by atoms with Crippen LogP contribution in [0.3, 0.4) is 0 Å². The van der Waals surface area contributed by atoms with Crippen LogP contribution >= 0.6 is 11.3 Å². The number of aromatic nitrogens is 1. The van der Waals surface area contributed by atoms with Crippen molar-refractivity contribution in [2.24, 2.45) is 0 Å². The van der Waals surface area contributed by atoms with E-state index < -0.39 is 0 Å². The van der Waals surface area contributed by atoms with E-state index in [9.17, 15) is 4.79 Å². The number of rotatable bonds is 2. The van der Waals surface area contributed by atoms with Gasteiger partial charge in [-0.2, -0.15) is 0 Å². The zero-order valence-corrected chi connectivity index (χ0v) is 12.0. The summed E-state index contributed by atoms with van der Waals surface area (Å²) in [5, 5.41) is 1.26. The standard InChI is InChI=1S/C15H20N2OS/c1-2-14(18)17-9-5-6-11(10-17)15-16-12-7-3-4-8-13(12)19-15/h2,11H,1,3-10H2/t11-/m0/s1. The van der Waals surface area contributed by atoms with Crippen molar-refractivity contribution in [3.63, 3.8) is 0 Å². The highest BCUT2D eigenvalue weighted by molar-refractivity contribution is 7.11. The van der Waals surface area contributed by atoms with Crippen LogP contribution in [-0.4, -0.2) is 28.9 Å². The third-order valence-corrected chi connectivity index (χ3v) is 5.44. The van der Waals surface area contributed by atoms with Gasteiger partial charge in [0.2, 0.25) is 5.91 Å². The maximum atomic E-state index is 11.7. The number of hydrogen-bond donors (Lipinski definition) is 0. The van der Waals surface area contributed by atoms with Crippen molar-refractivity contribution < 1.29 is 4.79 Å². The lowest BCUT2D eigenvalue weighted by atomic mass is 9.98. The van der Waals surface area contributed by atoms with Gasteiger partial charge >= 0.3 is 0 Å². The van der Waals surface area contributed by atoms with Crippen LogP contribution in [0.2, 0.25) is 0 Å². The number of nitrogens with zero attached hydrogens (tertiary/aromatic N) is 2. The summed E-state index contributed by atoms with van der Waals surface area (Å²) in [5.74, 6) is 0.499. The van der Waals surface area contributed by atoms with Crippen LogP contribution in [0.5, 0.6) is 0 Å². The minimum absolute atomic E-state index is 0.0611. The normalized spacial score (nSPS) is 22.9. The molecule has 1 aliphatic heterocycles. The first-order valence-corrected chi connectivity index (χ1v) is 7.99. The zero-order chi connectivity index (χ0) is 13.2. The number of thiazole rings is 1. The van der Waals surface area contributed by atoms with Crippen molar-refractivity contribution in [1.29, 1.82) is 0 Å². The van der Waals surface area contributed by atoms with Gasteiger partial charge in [-0.15, -0.1) is 11.3 Å². The van der Waals surface area contributed by atoms with Crippen LogP contribution in [-0.2, 0) is 17.6 Å². The number of carbonyl (C=O) groups is 1. The van der Waals surface area contributed by atoms with E-state index >= 15 is 0 Å². The Balaban J connectivity index is 1.76. The number of hydrogen-bond acceptors (Lipinski definition) is 3. The van der Waals surface area contributed by atoms with E-state index in [2.05, 4.69) is 6.58 Å². The van der Waals surface area contributed by atoms with Crippen molar-refractivity contribution in [3.05, 3.63) is 28.2 Å². The molecule has 19 heavy (non-hydrogen) atoms. The topological polar surface area (TPSA) is 33.2 Å². The fourth-order valence-electron chi connectivity index (χ4n) is 3.05. The van der Waals surface area contributed by atoms with E-state index in [0.29, 0.717) is 5.92 Å². The van der Waals surface area contributed by atoms with Crippen LogP contribution in [0.25, 0.3) is 0 Å². The van der Waals surface area contributed by atoms with Crippen LogP contribution in [0.4, 0.5) is 0 Å². The molecule has 0 saturated carbocycles. The van der Waals surface area contributed by atoms with Gasteiger partial charge in [0.15, 0.2) is 0 Å². The molecular formula is C15H20N2OS. The number of amides is 1. The molecule has 2 heterocycles. The Kier molecular flexibility index (Phi) is 3.69. The molecule has 1 atom stereocenters. The van der Waals surface area contributed by atoms with Gasteiger partial charge in [-0.25, -0.2) is 4.98 Å². The molecule has 0 spiro atoms. The molecule has 3 rings (SSSR count). The second kappa shape index (κ2) is 5.45. The van der Waals surface area contributed by atoms with Gasteiger partial charge in [0, 0.05) is 23.9 Å². The maximum Gasteiger partial charge on any atom is 0.245 e. The molecule has 4 heteroatoms. The molecule has 1 aliphatic carbocycles. The van der Waals surface area contributed by atoms with Crippen LogP contribution in [0.1, 0.15) is 47.2 Å². The van der Waals surface area contributed by atoms with E-state index in [1.54, 1.807) is 0 Å². The number of aryl methyl sites for hydroxylation is 2. The Morgan fingerprint density at radius 2 is 2.21 bits per heavy atom. The molecule has 1 saturated heterocycles. The molecule has 0 aromatic carbocycles. The summed E-state index contributed by atoms with van der Waals surface area (Å²) in [7, 11) is 0. The Hall–Kier alpha value is -1.16. The molecule has 0 N–H and O–H groups in total. The quantitative estimate of drug-likeness (QED) is 0.778. The summed E-state index contributed by atoms with van der Waals surface area (Å²) in [4.78, 5) is 20.0. The Morgan fingerprint density at radius 3 is 3.00 bits per heavy atom.